The molecule has 0 aliphatic carbocycles. The Kier molecular flexibility index (Phi) is 6.40. The summed E-state index contributed by atoms with van der Waals surface area (Å²) in [6, 6.07) is 11.3. The highest BCUT2D eigenvalue weighted by Gasteiger charge is 2.16. The van der Waals surface area contributed by atoms with Crippen LogP contribution in [0.2, 0.25) is 10.0 Å². The second kappa shape index (κ2) is 8.52. The number of nitrogens with one attached hydrogen (secondary N) is 1. The van der Waals surface area contributed by atoms with Gasteiger partial charge in [-0.2, -0.15) is 0 Å². The lowest BCUT2D eigenvalue weighted by Crippen LogP contribution is -2.30. The molecule has 0 aliphatic heterocycles. The van der Waals surface area contributed by atoms with Crippen molar-refractivity contribution in [3.8, 4) is 5.75 Å². The van der Waals surface area contributed by atoms with Gasteiger partial charge in [0.25, 0.3) is 5.91 Å². The van der Waals surface area contributed by atoms with Crippen molar-refractivity contribution in [3.63, 3.8) is 0 Å². The highest BCUT2D eigenvalue weighted by Crippen LogP contribution is 2.29. The Morgan fingerprint density at radius 2 is 1.79 bits per heavy atom. The van der Waals surface area contributed by atoms with Crippen LogP contribution in [0.15, 0.2) is 42.5 Å². The number of benzene rings is 2. The van der Waals surface area contributed by atoms with Crippen LogP contribution >= 0.6 is 23.2 Å². The van der Waals surface area contributed by atoms with Crippen LogP contribution in [0.5, 0.6) is 5.75 Å². The zero-order chi connectivity index (χ0) is 17.5. The summed E-state index contributed by atoms with van der Waals surface area (Å²) in [6.07, 6.45) is 0.643. The third-order valence-corrected chi connectivity index (χ3v) is 3.61. The number of rotatable bonds is 7. The first-order chi connectivity index (χ1) is 11.5. The third-order valence-electron chi connectivity index (χ3n) is 3.13. The fourth-order valence-electron chi connectivity index (χ4n) is 1.95. The molecule has 1 N–H and O–H groups in total. The number of carbonyl (C=O) groups is 1. The van der Waals surface area contributed by atoms with Crippen LogP contribution in [-0.4, -0.2) is 24.0 Å². The fourth-order valence-corrected chi connectivity index (χ4v) is 2.24. The molecule has 2 aromatic carbocycles. The Balaban J connectivity index is 1.81. The van der Waals surface area contributed by atoms with E-state index in [2.05, 4.69) is 5.32 Å². The summed E-state index contributed by atoms with van der Waals surface area (Å²) < 4.78 is 5.20. The fraction of sp³-hybridized carbons (Fsp3) is 0.188. The van der Waals surface area contributed by atoms with E-state index in [1.54, 1.807) is 12.1 Å². The number of ether oxygens (including phenoxy) is 1. The summed E-state index contributed by atoms with van der Waals surface area (Å²) in [5.41, 5.74) is 0.755. The van der Waals surface area contributed by atoms with Gasteiger partial charge >= 0.3 is 5.69 Å². The van der Waals surface area contributed by atoms with E-state index in [0.29, 0.717) is 18.0 Å². The minimum Gasteiger partial charge on any atom is -0.477 e. The lowest BCUT2D eigenvalue weighted by Gasteiger charge is -2.08. The molecule has 2 aromatic rings. The van der Waals surface area contributed by atoms with Crippen molar-refractivity contribution < 1.29 is 14.5 Å². The number of nitro groups is 1. The second-order valence-electron chi connectivity index (χ2n) is 4.88. The van der Waals surface area contributed by atoms with Crippen molar-refractivity contribution in [1.82, 2.24) is 5.32 Å². The topological polar surface area (TPSA) is 81.5 Å². The molecule has 0 saturated heterocycles. The summed E-state index contributed by atoms with van der Waals surface area (Å²) in [7, 11) is 0. The zero-order valence-corrected chi connectivity index (χ0v) is 14.0. The normalized spacial score (nSPS) is 10.2. The summed E-state index contributed by atoms with van der Waals surface area (Å²) in [4.78, 5) is 22.1. The Morgan fingerprint density at radius 1 is 1.12 bits per heavy atom. The molecule has 6 nitrogen and oxygen atoms in total. The maximum absolute atomic E-state index is 11.8. The van der Waals surface area contributed by atoms with E-state index in [1.165, 1.54) is 18.2 Å². The van der Waals surface area contributed by atoms with E-state index in [4.69, 9.17) is 27.9 Å². The number of hydrogen-bond acceptors (Lipinski definition) is 4. The number of halogens is 2. The molecule has 0 fully saturated rings. The molecular weight excluding hydrogens is 355 g/mol. The summed E-state index contributed by atoms with van der Waals surface area (Å²) in [5.74, 6) is -0.370. The Bertz CT molecular complexity index is 735. The molecule has 24 heavy (non-hydrogen) atoms. The van der Waals surface area contributed by atoms with Gasteiger partial charge in [-0.3, -0.25) is 14.9 Å². The van der Waals surface area contributed by atoms with Gasteiger partial charge in [-0.1, -0.05) is 35.3 Å². The van der Waals surface area contributed by atoms with Crippen molar-refractivity contribution in [2.24, 2.45) is 0 Å². The zero-order valence-electron chi connectivity index (χ0n) is 12.5. The lowest BCUT2D eigenvalue weighted by atomic mass is 10.1. The van der Waals surface area contributed by atoms with Gasteiger partial charge in [-0.15, -0.1) is 0 Å². The lowest BCUT2D eigenvalue weighted by molar-refractivity contribution is -0.385. The Hall–Kier alpha value is -2.31. The molecule has 2 rings (SSSR count). The van der Waals surface area contributed by atoms with Crippen LogP contribution in [0, 0.1) is 10.1 Å². The quantitative estimate of drug-likeness (QED) is 0.597. The van der Waals surface area contributed by atoms with Gasteiger partial charge in [0.05, 0.1) is 4.92 Å². The number of nitro benzene ring substituents is 1. The van der Waals surface area contributed by atoms with Gasteiger partial charge in [-0.25, -0.2) is 0 Å². The van der Waals surface area contributed by atoms with E-state index < -0.39 is 4.92 Å². The molecule has 0 atom stereocenters. The van der Waals surface area contributed by atoms with Crippen LogP contribution in [-0.2, 0) is 11.2 Å². The van der Waals surface area contributed by atoms with Crippen LogP contribution in [0.3, 0.4) is 0 Å². The molecule has 126 valence electrons. The number of carbonyl (C=O) groups excluding carboxylic acids is 1. The van der Waals surface area contributed by atoms with Gasteiger partial charge in [-0.05, 0) is 36.2 Å². The molecule has 0 unspecified atom stereocenters. The molecule has 1 amide bonds. The number of nitrogens with zero attached hydrogens (tertiary/aromatic N) is 1. The maximum atomic E-state index is 11.8. The Labute approximate surface area is 148 Å². The molecule has 0 heterocycles. The van der Waals surface area contributed by atoms with Crippen molar-refractivity contribution in [3.05, 3.63) is 68.2 Å². The van der Waals surface area contributed by atoms with E-state index in [1.807, 2.05) is 12.1 Å². The highest BCUT2D eigenvalue weighted by molar-refractivity contribution is 6.31. The predicted octanol–water partition coefficient (Wildman–Crippen LogP) is 3.64. The first-order valence-electron chi connectivity index (χ1n) is 7.03. The molecule has 0 spiro atoms. The number of hydrogen-bond donors (Lipinski definition) is 1. The van der Waals surface area contributed by atoms with Crippen LogP contribution in [0.4, 0.5) is 5.69 Å². The minimum absolute atomic E-state index is 0.00255. The minimum atomic E-state index is -0.611. The third kappa shape index (κ3) is 5.40. The van der Waals surface area contributed by atoms with Crippen molar-refractivity contribution in [2.45, 2.75) is 6.42 Å². The first-order valence-corrected chi connectivity index (χ1v) is 7.79. The molecule has 0 bridgehead atoms. The highest BCUT2D eigenvalue weighted by atomic mass is 35.5. The van der Waals surface area contributed by atoms with E-state index in [9.17, 15) is 14.9 Å². The van der Waals surface area contributed by atoms with Gasteiger partial charge in [0.15, 0.2) is 12.4 Å². The average Bonchev–Trinajstić information content (AvgIpc) is 2.55. The summed E-state index contributed by atoms with van der Waals surface area (Å²) in [6.45, 7) is 0.107. The van der Waals surface area contributed by atoms with E-state index >= 15 is 0 Å². The number of amides is 1. The first kappa shape index (κ1) is 18.0. The van der Waals surface area contributed by atoms with Crippen LogP contribution < -0.4 is 10.1 Å². The van der Waals surface area contributed by atoms with E-state index in [-0.39, 0.29) is 29.0 Å². The molecule has 8 heteroatoms. The molecule has 0 aliphatic rings. The monoisotopic (exact) mass is 368 g/mol. The van der Waals surface area contributed by atoms with E-state index in [0.717, 1.165) is 5.56 Å². The molecule has 0 saturated carbocycles. The van der Waals surface area contributed by atoms with Gasteiger partial charge < -0.3 is 10.1 Å². The standard InChI is InChI=1S/C16H14Cl2N2O4/c17-12-3-1-11(2-4-12)7-8-19-16(21)10-24-15-6-5-13(18)9-14(15)20(22)23/h1-6,9H,7-8,10H2,(H,19,21). The van der Waals surface area contributed by atoms with Gasteiger partial charge in [0, 0.05) is 22.7 Å². The van der Waals surface area contributed by atoms with Crippen molar-refractivity contribution in [1.29, 1.82) is 0 Å². The van der Waals surface area contributed by atoms with Crippen molar-refractivity contribution >= 4 is 34.8 Å². The van der Waals surface area contributed by atoms with Gasteiger partial charge in [0.2, 0.25) is 0 Å². The smallest absolute Gasteiger partial charge is 0.312 e. The SMILES string of the molecule is O=C(COc1ccc(Cl)cc1[N+](=O)[O-])NCCc1ccc(Cl)cc1. The summed E-state index contributed by atoms with van der Waals surface area (Å²) >= 11 is 11.5. The Morgan fingerprint density at radius 3 is 2.46 bits per heavy atom. The maximum Gasteiger partial charge on any atom is 0.312 e. The largest absolute Gasteiger partial charge is 0.477 e. The molecule has 0 radical (unpaired) electrons. The second-order valence-corrected chi connectivity index (χ2v) is 5.76. The average molecular weight is 369 g/mol. The molecule has 0 aromatic heterocycles. The van der Waals surface area contributed by atoms with Crippen molar-refractivity contribution in [2.75, 3.05) is 13.2 Å². The van der Waals surface area contributed by atoms with Gasteiger partial charge in [0.1, 0.15) is 0 Å². The van der Waals surface area contributed by atoms with Crippen LogP contribution in [0.1, 0.15) is 5.56 Å². The van der Waals surface area contributed by atoms with Crippen LogP contribution in [0.25, 0.3) is 0 Å². The molecular formula is C16H14Cl2N2O4. The summed E-state index contributed by atoms with van der Waals surface area (Å²) in [5, 5.41) is 14.5. The predicted molar refractivity (Wildman–Crippen MR) is 91.8 cm³/mol.